The summed E-state index contributed by atoms with van der Waals surface area (Å²) < 4.78 is 33.5. The molecule has 0 saturated heterocycles. The Balaban J connectivity index is 1.80. The molecule has 0 aromatic heterocycles. The molecule has 3 aromatic rings. The minimum Gasteiger partial charge on any atom is -0.504 e. The Morgan fingerprint density at radius 2 is 1.38 bits per heavy atom. The van der Waals surface area contributed by atoms with Crippen molar-refractivity contribution >= 4 is 5.97 Å². The Morgan fingerprint density at radius 3 is 1.92 bits per heavy atom. The number of rotatable bonds is 7. The monoisotopic (exact) mass is 514 g/mol. The first-order chi connectivity index (χ1) is 17.7. The quantitative estimate of drug-likeness (QED) is 0.271. The molecule has 0 radical (unpaired) electrons. The second-order valence-corrected chi connectivity index (χ2v) is 8.13. The molecule has 0 bridgehead atoms. The van der Waals surface area contributed by atoms with Crippen LogP contribution in [0.2, 0.25) is 0 Å². The number of carbonyl (C=O) groups is 1. The van der Waals surface area contributed by atoms with E-state index in [-0.39, 0.29) is 29.2 Å². The molecule has 2 unspecified atom stereocenters. The number of hydrogen-bond donors (Lipinski definition) is 4. The van der Waals surface area contributed by atoms with E-state index in [9.17, 15) is 25.2 Å². The molecule has 11 heteroatoms. The van der Waals surface area contributed by atoms with E-state index < -0.39 is 35.4 Å². The summed E-state index contributed by atoms with van der Waals surface area (Å²) >= 11 is 0. The molecule has 0 saturated carbocycles. The first-order valence-corrected chi connectivity index (χ1v) is 11.0. The predicted molar refractivity (Wildman–Crippen MR) is 128 cm³/mol. The van der Waals surface area contributed by atoms with Crippen LogP contribution in [0.5, 0.6) is 51.7 Å². The van der Waals surface area contributed by atoms with Crippen molar-refractivity contribution in [2.75, 3.05) is 28.4 Å². The highest BCUT2D eigenvalue weighted by atomic mass is 16.6. The molecule has 37 heavy (non-hydrogen) atoms. The minimum absolute atomic E-state index is 0.116. The van der Waals surface area contributed by atoms with Gasteiger partial charge < -0.3 is 48.8 Å². The molecule has 0 fully saturated rings. The van der Waals surface area contributed by atoms with Gasteiger partial charge >= 0.3 is 5.97 Å². The van der Waals surface area contributed by atoms with Gasteiger partial charge in [0, 0.05) is 29.7 Å². The largest absolute Gasteiger partial charge is 0.504 e. The van der Waals surface area contributed by atoms with Crippen molar-refractivity contribution in [1.29, 1.82) is 0 Å². The Kier molecular flexibility index (Phi) is 6.96. The van der Waals surface area contributed by atoms with E-state index in [0.717, 1.165) is 12.1 Å². The highest BCUT2D eigenvalue weighted by Gasteiger charge is 2.38. The Labute approximate surface area is 211 Å². The summed E-state index contributed by atoms with van der Waals surface area (Å²) in [6.07, 6.45) is -1.70. The Bertz CT molecular complexity index is 1290. The van der Waals surface area contributed by atoms with Crippen molar-refractivity contribution in [3.8, 4) is 51.7 Å². The fourth-order valence-corrected chi connectivity index (χ4v) is 4.11. The topological polar surface area (TPSA) is 153 Å². The molecule has 1 heterocycles. The lowest BCUT2D eigenvalue weighted by Gasteiger charge is -2.34. The van der Waals surface area contributed by atoms with Crippen LogP contribution in [0, 0.1) is 0 Å². The van der Waals surface area contributed by atoms with Gasteiger partial charge in [0.2, 0.25) is 5.75 Å². The van der Waals surface area contributed by atoms with Crippen LogP contribution in [0.3, 0.4) is 0 Å². The molecule has 0 aliphatic carbocycles. The zero-order valence-corrected chi connectivity index (χ0v) is 20.5. The van der Waals surface area contributed by atoms with Crippen molar-refractivity contribution < 1.29 is 53.6 Å². The summed E-state index contributed by atoms with van der Waals surface area (Å²) in [7, 11) is 5.75. The molecule has 0 amide bonds. The maximum absolute atomic E-state index is 13.1. The van der Waals surface area contributed by atoms with E-state index in [1.165, 1.54) is 40.6 Å². The lowest BCUT2D eigenvalue weighted by Crippen LogP contribution is -2.35. The van der Waals surface area contributed by atoms with Crippen molar-refractivity contribution in [1.82, 2.24) is 0 Å². The van der Waals surface area contributed by atoms with Crippen molar-refractivity contribution in [3.05, 3.63) is 53.1 Å². The normalized spacial score (nSPS) is 16.2. The SMILES string of the molecule is COc1cc(OC)c2c(c1)OC(c1cc(OC)c(O)c(OC)c1)C(OC(=O)c1cc(O)c(O)c(O)c1)C2. The van der Waals surface area contributed by atoms with Crippen LogP contribution in [0.4, 0.5) is 0 Å². The van der Waals surface area contributed by atoms with Crippen LogP contribution in [0.1, 0.15) is 27.6 Å². The number of phenolic OH excluding ortho intramolecular Hbond substituents is 4. The van der Waals surface area contributed by atoms with Gasteiger partial charge in [-0.3, -0.25) is 0 Å². The summed E-state index contributed by atoms with van der Waals surface area (Å²) in [4.78, 5) is 13.1. The first-order valence-electron chi connectivity index (χ1n) is 11.0. The van der Waals surface area contributed by atoms with E-state index in [1.807, 2.05) is 0 Å². The summed E-state index contributed by atoms with van der Waals surface area (Å²) in [5, 5.41) is 39.6. The minimum atomic E-state index is -0.945. The van der Waals surface area contributed by atoms with Crippen LogP contribution in [-0.2, 0) is 11.2 Å². The van der Waals surface area contributed by atoms with Crippen LogP contribution < -0.4 is 23.7 Å². The second-order valence-electron chi connectivity index (χ2n) is 8.13. The van der Waals surface area contributed by atoms with Gasteiger partial charge in [0.1, 0.15) is 23.4 Å². The van der Waals surface area contributed by atoms with Crippen LogP contribution in [0.25, 0.3) is 0 Å². The summed E-state index contributed by atoms with van der Waals surface area (Å²) in [5.41, 5.74) is 0.888. The Hall–Kier alpha value is -4.67. The fraction of sp³-hybridized carbons (Fsp3) is 0.269. The molecule has 2 atom stereocenters. The second kappa shape index (κ2) is 10.1. The highest BCUT2D eigenvalue weighted by Crippen LogP contribution is 2.46. The Morgan fingerprint density at radius 1 is 0.784 bits per heavy atom. The number of aromatic hydroxyl groups is 4. The zero-order valence-electron chi connectivity index (χ0n) is 20.5. The van der Waals surface area contributed by atoms with Gasteiger partial charge in [-0.25, -0.2) is 4.79 Å². The van der Waals surface area contributed by atoms with Crippen molar-refractivity contribution in [2.45, 2.75) is 18.6 Å². The summed E-state index contributed by atoms with van der Waals surface area (Å²) in [6, 6.07) is 8.36. The molecule has 4 N–H and O–H groups in total. The molecule has 1 aliphatic rings. The lowest BCUT2D eigenvalue weighted by atomic mass is 9.93. The zero-order chi connectivity index (χ0) is 26.9. The van der Waals surface area contributed by atoms with Gasteiger partial charge in [0.15, 0.2) is 34.9 Å². The van der Waals surface area contributed by atoms with Crippen molar-refractivity contribution in [2.24, 2.45) is 0 Å². The van der Waals surface area contributed by atoms with Crippen molar-refractivity contribution in [3.63, 3.8) is 0 Å². The number of benzene rings is 3. The van der Waals surface area contributed by atoms with Crippen LogP contribution in [0.15, 0.2) is 36.4 Å². The smallest absolute Gasteiger partial charge is 0.338 e. The third-order valence-corrected chi connectivity index (χ3v) is 5.99. The van der Waals surface area contributed by atoms with Gasteiger partial charge in [-0.05, 0) is 24.3 Å². The highest BCUT2D eigenvalue weighted by molar-refractivity contribution is 5.91. The van der Waals surface area contributed by atoms with Gasteiger partial charge in [-0.2, -0.15) is 0 Å². The molecule has 1 aliphatic heterocycles. The van der Waals surface area contributed by atoms with Gasteiger partial charge in [-0.15, -0.1) is 0 Å². The van der Waals surface area contributed by atoms with Crippen LogP contribution in [-0.4, -0.2) is 60.9 Å². The van der Waals surface area contributed by atoms with Crippen LogP contribution >= 0.6 is 0 Å². The average Bonchev–Trinajstić information content (AvgIpc) is 2.90. The number of ether oxygens (including phenoxy) is 6. The molecule has 3 aromatic carbocycles. The molecular weight excluding hydrogens is 488 g/mol. The molecule has 0 spiro atoms. The number of phenols is 4. The van der Waals surface area contributed by atoms with E-state index in [4.69, 9.17) is 28.4 Å². The summed E-state index contributed by atoms with van der Waals surface area (Å²) in [6.45, 7) is 0. The first kappa shape index (κ1) is 25.4. The number of fused-ring (bicyclic) bond motifs is 1. The molecule has 4 rings (SSSR count). The lowest BCUT2D eigenvalue weighted by molar-refractivity contribution is -0.0189. The van der Waals surface area contributed by atoms with Gasteiger partial charge in [0.25, 0.3) is 0 Å². The maximum atomic E-state index is 13.1. The van der Waals surface area contributed by atoms with Gasteiger partial charge in [-0.1, -0.05) is 0 Å². The number of hydrogen-bond acceptors (Lipinski definition) is 11. The fourth-order valence-electron chi connectivity index (χ4n) is 4.11. The van der Waals surface area contributed by atoms with E-state index in [0.29, 0.717) is 28.4 Å². The maximum Gasteiger partial charge on any atom is 0.338 e. The standard InChI is InChI=1S/C26H26O11/c1-32-14-9-18(33-2)15-11-22(37-26(31)13-5-16(27)23(29)17(28)6-13)25(36-19(15)10-14)12-7-20(34-3)24(30)21(8-12)35-4/h5-10,22,25,27-30H,11H2,1-4H3. The number of methoxy groups -OCH3 is 4. The predicted octanol–water partition coefficient (Wildman–Crippen LogP) is 3.45. The molecule has 11 nitrogen and oxygen atoms in total. The third-order valence-electron chi connectivity index (χ3n) is 5.99. The number of carbonyl (C=O) groups excluding carboxylic acids is 1. The average molecular weight is 514 g/mol. The molecular formula is C26H26O11. The molecule has 196 valence electrons. The summed E-state index contributed by atoms with van der Waals surface area (Å²) in [5.74, 6) is -1.63. The number of esters is 1. The van der Waals surface area contributed by atoms with Gasteiger partial charge in [0.05, 0.1) is 34.0 Å². The third kappa shape index (κ3) is 4.75. The van der Waals surface area contributed by atoms with E-state index >= 15 is 0 Å². The van der Waals surface area contributed by atoms with E-state index in [2.05, 4.69) is 0 Å². The van der Waals surface area contributed by atoms with E-state index in [1.54, 1.807) is 12.1 Å².